The van der Waals surface area contributed by atoms with Crippen LogP contribution in [0.4, 0.5) is 11.4 Å². The fourth-order valence-electron chi connectivity index (χ4n) is 5.25. The monoisotopic (exact) mass is 476 g/mol. The Morgan fingerprint density at radius 2 is 1.53 bits per heavy atom. The van der Waals surface area contributed by atoms with Crippen LogP contribution in [0.3, 0.4) is 0 Å². The van der Waals surface area contributed by atoms with Crippen molar-refractivity contribution in [3.05, 3.63) is 108 Å². The molecule has 5 heteroatoms. The number of benzene rings is 4. The van der Waals surface area contributed by atoms with E-state index in [0.717, 1.165) is 54.4 Å². The third-order valence-corrected chi connectivity index (χ3v) is 6.97. The summed E-state index contributed by atoms with van der Waals surface area (Å²) < 4.78 is 12.6. The zero-order chi connectivity index (χ0) is 24.5. The predicted octanol–water partition coefficient (Wildman–Crippen LogP) is 5.98. The van der Waals surface area contributed by atoms with Crippen LogP contribution >= 0.6 is 0 Å². The van der Waals surface area contributed by atoms with Crippen molar-refractivity contribution in [1.29, 1.82) is 0 Å². The summed E-state index contributed by atoms with van der Waals surface area (Å²) in [5.41, 5.74) is 4.25. The topological polar surface area (TPSA) is 50.8 Å². The highest BCUT2D eigenvalue weighted by molar-refractivity contribution is 6.02. The van der Waals surface area contributed by atoms with E-state index in [2.05, 4.69) is 64.8 Å². The summed E-state index contributed by atoms with van der Waals surface area (Å²) in [6.45, 7) is 4.67. The lowest BCUT2D eigenvalue weighted by Gasteiger charge is -2.38. The van der Waals surface area contributed by atoms with Crippen molar-refractivity contribution in [2.45, 2.75) is 12.5 Å². The van der Waals surface area contributed by atoms with Crippen molar-refractivity contribution in [2.75, 3.05) is 36.5 Å². The molecule has 0 saturated carbocycles. The largest absolute Gasteiger partial charge is 0.473 e. The van der Waals surface area contributed by atoms with Crippen molar-refractivity contribution in [3.63, 3.8) is 0 Å². The van der Waals surface area contributed by atoms with Crippen LogP contribution < -0.4 is 15.0 Å². The number of fused-ring (bicyclic) bond motifs is 3. The Labute approximate surface area is 211 Å². The van der Waals surface area contributed by atoms with Gasteiger partial charge in [-0.05, 0) is 29.7 Å². The maximum atomic E-state index is 11.5. The Morgan fingerprint density at radius 1 is 0.861 bits per heavy atom. The third kappa shape index (κ3) is 3.91. The second kappa shape index (κ2) is 9.17. The normalized spacial score (nSPS) is 19.0. The molecule has 180 valence electrons. The smallest absolute Gasteiger partial charge is 0.221 e. The average Bonchev–Trinajstić information content (AvgIpc) is 2.93. The molecule has 5 nitrogen and oxygen atoms in total. The number of ether oxygens (including phenoxy) is 2. The Hall–Kier alpha value is -4.09. The molecule has 1 fully saturated rings. The van der Waals surface area contributed by atoms with Gasteiger partial charge in [0.2, 0.25) is 5.91 Å². The number of hydrogen-bond donors (Lipinski definition) is 1. The van der Waals surface area contributed by atoms with E-state index in [4.69, 9.17) is 9.47 Å². The molecule has 1 N–H and O–H groups in total. The molecule has 2 heterocycles. The number of nitrogens with one attached hydrogen (secondary N) is 1. The highest BCUT2D eigenvalue weighted by atomic mass is 16.5. The lowest BCUT2D eigenvalue weighted by atomic mass is 9.83. The van der Waals surface area contributed by atoms with Crippen LogP contribution in [-0.4, -0.2) is 32.2 Å². The quantitative estimate of drug-likeness (QED) is 0.393. The van der Waals surface area contributed by atoms with Crippen LogP contribution in [-0.2, 0) is 15.1 Å². The van der Waals surface area contributed by atoms with Gasteiger partial charge in [-0.3, -0.25) is 4.79 Å². The van der Waals surface area contributed by atoms with Gasteiger partial charge in [-0.2, -0.15) is 0 Å². The van der Waals surface area contributed by atoms with Crippen molar-refractivity contribution in [1.82, 2.24) is 0 Å². The SMILES string of the molecule is CC(=O)Nc1ccc(C2(c3ccccc3)C=Cc3c(cc(N4CCOCC4)c4ccccc34)O2)cc1. The van der Waals surface area contributed by atoms with Gasteiger partial charge in [0.25, 0.3) is 0 Å². The number of carbonyl (C=O) groups is 1. The van der Waals surface area contributed by atoms with Crippen LogP contribution in [0.1, 0.15) is 23.6 Å². The van der Waals surface area contributed by atoms with Crippen LogP contribution in [0.5, 0.6) is 5.75 Å². The zero-order valence-corrected chi connectivity index (χ0v) is 20.2. The van der Waals surface area contributed by atoms with E-state index in [0.29, 0.717) is 0 Å². The first-order valence-electron chi connectivity index (χ1n) is 12.3. The summed E-state index contributed by atoms with van der Waals surface area (Å²) in [5.74, 6) is 0.762. The average molecular weight is 477 g/mol. The van der Waals surface area contributed by atoms with Crippen molar-refractivity contribution < 1.29 is 14.3 Å². The van der Waals surface area contributed by atoms with E-state index in [1.165, 1.54) is 23.4 Å². The van der Waals surface area contributed by atoms with Gasteiger partial charge in [-0.15, -0.1) is 0 Å². The molecule has 1 atom stereocenters. The van der Waals surface area contributed by atoms with Gasteiger partial charge in [-0.1, -0.05) is 66.7 Å². The Kier molecular flexibility index (Phi) is 5.70. The molecule has 6 rings (SSSR count). The molecule has 1 unspecified atom stereocenters. The van der Waals surface area contributed by atoms with Gasteiger partial charge in [0.15, 0.2) is 5.60 Å². The van der Waals surface area contributed by atoms with Gasteiger partial charge in [0.05, 0.1) is 13.2 Å². The number of anilines is 2. The van der Waals surface area contributed by atoms with Crippen molar-refractivity contribution >= 4 is 34.1 Å². The summed E-state index contributed by atoms with van der Waals surface area (Å²) in [6.07, 6.45) is 4.35. The van der Waals surface area contributed by atoms with Crippen LogP contribution in [0.15, 0.2) is 91.0 Å². The molecule has 0 aliphatic carbocycles. The Bertz CT molecular complexity index is 1440. The second-order valence-corrected chi connectivity index (χ2v) is 9.25. The molecular weight excluding hydrogens is 448 g/mol. The molecule has 36 heavy (non-hydrogen) atoms. The van der Waals surface area contributed by atoms with Gasteiger partial charge in [-0.25, -0.2) is 0 Å². The molecule has 1 amide bonds. The van der Waals surface area contributed by atoms with E-state index in [9.17, 15) is 4.79 Å². The number of rotatable bonds is 4. The first-order valence-corrected chi connectivity index (χ1v) is 12.3. The minimum Gasteiger partial charge on any atom is -0.473 e. The van der Waals surface area contributed by atoms with E-state index in [1.807, 2.05) is 42.5 Å². The Morgan fingerprint density at radius 3 is 2.25 bits per heavy atom. The molecule has 2 aliphatic heterocycles. The standard InChI is InChI=1S/C31H28N2O3/c1-22(34)32-25-13-11-24(12-14-25)31(23-7-3-2-4-8-23)16-15-28-26-9-5-6-10-27(26)29(21-30(28)36-31)33-17-19-35-20-18-33/h2-16,21H,17-20H2,1H3,(H,32,34). The van der Waals surface area contributed by atoms with Gasteiger partial charge < -0.3 is 19.7 Å². The second-order valence-electron chi connectivity index (χ2n) is 9.25. The lowest BCUT2D eigenvalue weighted by Crippen LogP contribution is -2.37. The molecule has 0 spiro atoms. The first kappa shape index (κ1) is 22.4. The van der Waals surface area contributed by atoms with Gasteiger partial charge in [0.1, 0.15) is 5.75 Å². The van der Waals surface area contributed by atoms with E-state index < -0.39 is 5.60 Å². The van der Waals surface area contributed by atoms with Crippen molar-refractivity contribution in [2.24, 2.45) is 0 Å². The lowest BCUT2D eigenvalue weighted by molar-refractivity contribution is -0.114. The van der Waals surface area contributed by atoms with Crippen LogP contribution in [0.25, 0.3) is 16.8 Å². The predicted molar refractivity (Wildman–Crippen MR) is 145 cm³/mol. The van der Waals surface area contributed by atoms with E-state index in [1.54, 1.807) is 0 Å². The molecule has 1 saturated heterocycles. The summed E-state index contributed by atoms with van der Waals surface area (Å²) in [4.78, 5) is 13.9. The minimum absolute atomic E-state index is 0.0919. The first-order chi connectivity index (χ1) is 17.6. The number of carbonyl (C=O) groups excluding carboxylic acids is 1. The van der Waals surface area contributed by atoms with Crippen LogP contribution in [0, 0.1) is 0 Å². The van der Waals surface area contributed by atoms with E-state index >= 15 is 0 Å². The summed E-state index contributed by atoms with van der Waals surface area (Å²) in [6, 6.07) is 28.9. The molecule has 2 aliphatic rings. The van der Waals surface area contributed by atoms with Gasteiger partial charge in [0, 0.05) is 59.5 Å². The molecule has 0 aromatic heterocycles. The third-order valence-electron chi connectivity index (χ3n) is 6.97. The van der Waals surface area contributed by atoms with Crippen LogP contribution in [0.2, 0.25) is 0 Å². The fourth-order valence-corrected chi connectivity index (χ4v) is 5.25. The zero-order valence-electron chi connectivity index (χ0n) is 20.2. The number of amides is 1. The van der Waals surface area contributed by atoms with Crippen molar-refractivity contribution in [3.8, 4) is 5.75 Å². The molecule has 4 aromatic rings. The summed E-state index contributed by atoms with van der Waals surface area (Å²) >= 11 is 0. The van der Waals surface area contributed by atoms with Gasteiger partial charge >= 0.3 is 0 Å². The minimum atomic E-state index is -0.798. The molecule has 4 aromatic carbocycles. The number of hydrogen-bond acceptors (Lipinski definition) is 4. The molecule has 0 radical (unpaired) electrons. The maximum Gasteiger partial charge on any atom is 0.221 e. The fraction of sp³-hybridized carbons (Fsp3) is 0.194. The maximum absolute atomic E-state index is 11.5. The summed E-state index contributed by atoms with van der Waals surface area (Å²) in [5, 5.41) is 5.25. The molecular formula is C31H28N2O3. The summed E-state index contributed by atoms with van der Waals surface area (Å²) in [7, 11) is 0. The highest BCUT2D eigenvalue weighted by Gasteiger charge is 2.38. The number of morpholine rings is 1. The molecule has 0 bridgehead atoms. The Balaban J connectivity index is 1.51. The number of nitrogens with zero attached hydrogens (tertiary/aromatic N) is 1. The van der Waals surface area contributed by atoms with E-state index in [-0.39, 0.29) is 5.91 Å². The highest BCUT2D eigenvalue weighted by Crippen LogP contribution is 2.46.